The van der Waals surface area contributed by atoms with Crippen molar-refractivity contribution in [2.45, 2.75) is 0 Å². The number of aromatic carboxylic acids is 1. The average Bonchev–Trinajstić information content (AvgIpc) is 2.29. The van der Waals surface area contributed by atoms with Gasteiger partial charge in [0.1, 0.15) is 5.82 Å². The number of hydrogen-bond donors (Lipinski definition) is 1. The van der Waals surface area contributed by atoms with E-state index in [1.54, 1.807) is 4.90 Å². The molecule has 1 aliphatic rings. The minimum Gasteiger partial charge on any atom is -0.478 e. The standard InChI is InChI=1S/C10H11ClN2O4S/c11-8-7(10(14)15)1-2-12-9(8)13-3-5-18(16,17)6-4-13/h1-2H,3-6H2,(H,14,15). The topological polar surface area (TPSA) is 87.6 Å². The van der Waals surface area contributed by atoms with E-state index in [2.05, 4.69) is 4.98 Å². The molecule has 0 atom stereocenters. The largest absolute Gasteiger partial charge is 0.478 e. The Kier molecular flexibility index (Phi) is 3.45. The third-order valence-electron chi connectivity index (χ3n) is 2.75. The Balaban J connectivity index is 2.30. The molecule has 1 aromatic heterocycles. The van der Waals surface area contributed by atoms with Crippen molar-refractivity contribution in [1.29, 1.82) is 0 Å². The summed E-state index contributed by atoms with van der Waals surface area (Å²) in [6, 6.07) is 1.31. The molecule has 0 aromatic carbocycles. The molecule has 98 valence electrons. The van der Waals surface area contributed by atoms with Gasteiger partial charge in [-0.25, -0.2) is 18.2 Å². The third kappa shape index (κ3) is 2.56. The Labute approximate surface area is 109 Å². The van der Waals surface area contributed by atoms with Crippen molar-refractivity contribution in [3.63, 3.8) is 0 Å². The Morgan fingerprint density at radius 1 is 1.39 bits per heavy atom. The fourth-order valence-corrected chi connectivity index (χ4v) is 3.26. The van der Waals surface area contributed by atoms with Crippen LogP contribution < -0.4 is 4.90 Å². The van der Waals surface area contributed by atoms with Crippen molar-refractivity contribution in [2.24, 2.45) is 0 Å². The average molecular weight is 291 g/mol. The Hall–Kier alpha value is -1.34. The van der Waals surface area contributed by atoms with Crippen molar-refractivity contribution in [2.75, 3.05) is 29.5 Å². The maximum absolute atomic E-state index is 11.3. The highest BCUT2D eigenvalue weighted by atomic mass is 35.5. The molecule has 2 rings (SSSR count). The number of pyridine rings is 1. The van der Waals surface area contributed by atoms with Gasteiger partial charge in [0.15, 0.2) is 9.84 Å². The number of sulfone groups is 1. The summed E-state index contributed by atoms with van der Waals surface area (Å²) in [5.41, 5.74) is -0.0323. The lowest BCUT2D eigenvalue weighted by molar-refractivity contribution is 0.0697. The Bertz CT molecular complexity index is 574. The summed E-state index contributed by atoms with van der Waals surface area (Å²) in [4.78, 5) is 16.7. The summed E-state index contributed by atoms with van der Waals surface area (Å²) in [7, 11) is -2.99. The lowest BCUT2D eigenvalue weighted by Gasteiger charge is -2.28. The zero-order valence-electron chi connectivity index (χ0n) is 9.34. The second-order valence-corrected chi connectivity index (χ2v) is 6.62. The molecule has 1 N–H and O–H groups in total. The minimum atomic E-state index is -2.99. The van der Waals surface area contributed by atoms with Crippen molar-refractivity contribution >= 4 is 33.2 Å². The molecule has 2 heterocycles. The number of aromatic nitrogens is 1. The van der Waals surface area contributed by atoms with E-state index in [-0.39, 0.29) is 35.2 Å². The van der Waals surface area contributed by atoms with E-state index in [0.717, 1.165) is 0 Å². The van der Waals surface area contributed by atoms with E-state index in [4.69, 9.17) is 16.7 Å². The first-order valence-electron chi connectivity index (χ1n) is 5.24. The molecular weight excluding hydrogens is 280 g/mol. The van der Waals surface area contributed by atoms with Crippen LogP contribution in [0.1, 0.15) is 10.4 Å². The molecule has 0 aliphatic carbocycles. The molecule has 18 heavy (non-hydrogen) atoms. The summed E-state index contributed by atoms with van der Waals surface area (Å²) in [5.74, 6) is -0.746. The number of nitrogens with zero attached hydrogens (tertiary/aromatic N) is 2. The van der Waals surface area contributed by atoms with Gasteiger partial charge in [0.05, 0.1) is 22.1 Å². The van der Waals surface area contributed by atoms with Gasteiger partial charge in [-0.1, -0.05) is 11.6 Å². The number of carboxylic acid groups (broad SMARTS) is 1. The number of hydrogen-bond acceptors (Lipinski definition) is 5. The molecule has 1 aromatic rings. The lowest BCUT2D eigenvalue weighted by atomic mass is 10.2. The number of halogens is 1. The van der Waals surface area contributed by atoms with Crippen molar-refractivity contribution in [3.8, 4) is 0 Å². The van der Waals surface area contributed by atoms with Gasteiger partial charge < -0.3 is 10.0 Å². The van der Waals surface area contributed by atoms with Crippen LogP contribution in [0.2, 0.25) is 5.02 Å². The third-order valence-corrected chi connectivity index (χ3v) is 4.73. The summed E-state index contributed by atoms with van der Waals surface area (Å²) in [5, 5.41) is 8.99. The fraction of sp³-hybridized carbons (Fsp3) is 0.400. The van der Waals surface area contributed by atoms with Crippen LogP contribution in [0, 0.1) is 0 Å². The molecule has 1 fully saturated rings. The zero-order chi connectivity index (χ0) is 13.3. The molecule has 0 bridgehead atoms. The predicted molar refractivity (Wildman–Crippen MR) is 67.1 cm³/mol. The SMILES string of the molecule is O=C(O)c1ccnc(N2CCS(=O)(=O)CC2)c1Cl. The van der Waals surface area contributed by atoms with Crippen molar-refractivity contribution < 1.29 is 18.3 Å². The highest BCUT2D eigenvalue weighted by Crippen LogP contribution is 2.27. The van der Waals surface area contributed by atoms with E-state index in [9.17, 15) is 13.2 Å². The van der Waals surface area contributed by atoms with Crippen molar-refractivity contribution in [3.05, 3.63) is 22.8 Å². The molecule has 6 nitrogen and oxygen atoms in total. The summed E-state index contributed by atoms with van der Waals surface area (Å²) in [6.45, 7) is 0.552. The van der Waals surface area contributed by atoms with Crippen molar-refractivity contribution in [1.82, 2.24) is 4.98 Å². The molecular formula is C10H11ClN2O4S. The van der Waals surface area contributed by atoms with Gasteiger partial charge in [0.2, 0.25) is 0 Å². The summed E-state index contributed by atoms with van der Waals surface area (Å²) < 4.78 is 22.6. The van der Waals surface area contributed by atoms with Crippen LogP contribution in [0.5, 0.6) is 0 Å². The van der Waals surface area contributed by atoms with Gasteiger partial charge in [-0.2, -0.15) is 0 Å². The lowest BCUT2D eigenvalue weighted by Crippen LogP contribution is -2.41. The molecule has 0 spiro atoms. The van der Waals surface area contributed by atoms with E-state index < -0.39 is 15.8 Å². The van der Waals surface area contributed by atoms with Gasteiger partial charge in [-0.3, -0.25) is 0 Å². The van der Waals surface area contributed by atoms with Crippen LogP contribution in [0.25, 0.3) is 0 Å². The molecule has 0 unspecified atom stereocenters. The normalized spacial score (nSPS) is 18.6. The van der Waals surface area contributed by atoms with Crippen LogP contribution in [-0.4, -0.2) is 49.1 Å². The second kappa shape index (κ2) is 4.74. The Morgan fingerprint density at radius 3 is 2.56 bits per heavy atom. The van der Waals surface area contributed by atoms with Gasteiger partial charge in [-0.15, -0.1) is 0 Å². The quantitative estimate of drug-likeness (QED) is 0.861. The second-order valence-electron chi connectivity index (χ2n) is 3.94. The highest BCUT2D eigenvalue weighted by Gasteiger charge is 2.25. The Morgan fingerprint density at radius 2 is 2.00 bits per heavy atom. The molecule has 1 saturated heterocycles. The summed E-state index contributed by atoms with van der Waals surface area (Å²) >= 11 is 5.97. The number of carbonyl (C=O) groups is 1. The first-order valence-corrected chi connectivity index (χ1v) is 7.44. The number of anilines is 1. The molecule has 8 heteroatoms. The van der Waals surface area contributed by atoms with Gasteiger partial charge in [0.25, 0.3) is 0 Å². The first kappa shape index (κ1) is 13.1. The van der Waals surface area contributed by atoms with Crippen LogP contribution in [0.4, 0.5) is 5.82 Å². The van der Waals surface area contributed by atoms with Crippen LogP contribution in [0.3, 0.4) is 0 Å². The molecule has 0 amide bonds. The van der Waals surface area contributed by atoms with Crippen LogP contribution in [-0.2, 0) is 9.84 Å². The minimum absolute atomic E-state index is 0.0301. The predicted octanol–water partition coefficient (Wildman–Crippen LogP) is 0.668. The molecule has 0 radical (unpaired) electrons. The van der Waals surface area contributed by atoms with Gasteiger partial charge >= 0.3 is 5.97 Å². The zero-order valence-corrected chi connectivity index (χ0v) is 10.9. The maximum Gasteiger partial charge on any atom is 0.337 e. The monoisotopic (exact) mass is 290 g/mol. The van der Waals surface area contributed by atoms with E-state index in [1.807, 2.05) is 0 Å². The van der Waals surface area contributed by atoms with E-state index in [0.29, 0.717) is 5.82 Å². The van der Waals surface area contributed by atoms with Gasteiger partial charge in [0, 0.05) is 19.3 Å². The maximum atomic E-state index is 11.3. The van der Waals surface area contributed by atoms with Gasteiger partial charge in [-0.05, 0) is 6.07 Å². The first-order chi connectivity index (χ1) is 8.41. The fourth-order valence-electron chi connectivity index (χ4n) is 1.74. The van der Waals surface area contributed by atoms with E-state index in [1.165, 1.54) is 12.3 Å². The van der Waals surface area contributed by atoms with Crippen LogP contribution in [0.15, 0.2) is 12.3 Å². The molecule has 0 saturated carbocycles. The van der Waals surface area contributed by atoms with E-state index >= 15 is 0 Å². The number of rotatable bonds is 2. The highest BCUT2D eigenvalue weighted by molar-refractivity contribution is 7.91. The van der Waals surface area contributed by atoms with Crippen LogP contribution >= 0.6 is 11.6 Å². The smallest absolute Gasteiger partial charge is 0.337 e. The number of carboxylic acids is 1. The molecule has 1 aliphatic heterocycles. The summed E-state index contributed by atoms with van der Waals surface area (Å²) in [6.07, 6.45) is 1.35.